The van der Waals surface area contributed by atoms with Gasteiger partial charge in [-0.3, -0.25) is 5.41 Å². The highest BCUT2D eigenvalue weighted by Crippen LogP contribution is 2.38. The van der Waals surface area contributed by atoms with Gasteiger partial charge in [-0.1, -0.05) is 60.2 Å². The van der Waals surface area contributed by atoms with Gasteiger partial charge >= 0.3 is 0 Å². The van der Waals surface area contributed by atoms with Gasteiger partial charge in [-0.25, -0.2) is 0 Å². The van der Waals surface area contributed by atoms with Crippen molar-refractivity contribution in [1.82, 2.24) is 0 Å². The summed E-state index contributed by atoms with van der Waals surface area (Å²) in [5, 5.41) is 17.9. The third kappa shape index (κ3) is 3.31. The van der Waals surface area contributed by atoms with E-state index in [1.54, 1.807) is 0 Å². The molecule has 0 aliphatic carbocycles. The van der Waals surface area contributed by atoms with E-state index in [1.807, 2.05) is 61.5 Å². The van der Waals surface area contributed by atoms with Crippen LogP contribution < -0.4 is 11.5 Å². The number of rotatable bonds is 3. The van der Waals surface area contributed by atoms with Crippen LogP contribution >= 0.6 is 0 Å². The quantitative estimate of drug-likeness (QED) is 0.794. The van der Waals surface area contributed by atoms with Gasteiger partial charge in [0.05, 0.1) is 5.92 Å². The Labute approximate surface area is 152 Å². The van der Waals surface area contributed by atoms with E-state index in [-0.39, 0.29) is 17.4 Å². The lowest BCUT2D eigenvalue weighted by atomic mass is 9.81. The van der Waals surface area contributed by atoms with Gasteiger partial charge in [0.25, 0.3) is 0 Å². The first-order valence-electron chi connectivity index (χ1n) is 8.26. The summed E-state index contributed by atoms with van der Waals surface area (Å²) in [6.07, 6.45) is 0.461. The van der Waals surface area contributed by atoms with Gasteiger partial charge < -0.3 is 16.2 Å². The summed E-state index contributed by atoms with van der Waals surface area (Å²) in [5.41, 5.74) is 16.5. The van der Waals surface area contributed by atoms with Gasteiger partial charge in [-0.15, -0.1) is 0 Å². The Hall–Kier alpha value is -3.52. The highest BCUT2D eigenvalue weighted by atomic mass is 16.5. The molecule has 0 amide bonds. The first kappa shape index (κ1) is 17.3. The molecule has 5 heteroatoms. The normalized spacial score (nSPS) is 18.9. The zero-order valence-corrected chi connectivity index (χ0v) is 14.5. The molecule has 5 nitrogen and oxygen atoms in total. The van der Waals surface area contributed by atoms with Crippen LogP contribution in [0.5, 0.6) is 0 Å². The summed E-state index contributed by atoms with van der Waals surface area (Å²) < 4.78 is 5.32. The van der Waals surface area contributed by atoms with Crippen molar-refractivity contribution in [3.8, 4) is 6.07 Å². The van der Waals surface area contributed by atoms with Crippen molar-refractivity contribution in [2.75, 3.05) is 0 Å². The number of allylic oxidation sites excluding steroid dienone is 2. The maximum Gasteiger partial charge on any atom is 0.219 e. The zero-order chi connectivity index (χ0) is 18.7. The van der Waals surface area contributed by atoms with Crippen molar-refractivity contribution in [2.24, 2.45) is 11.5 Å². The molecule has 0 saturated heterocycles. The number of aryl methyl sites for hydroxylation is 1. The molecule has 2 aromatic carbocycles. The number of nitrogens with two attached hydrogens (primary N) is 2. The van der Waals surface area contributed by atoms with E-state index in [1.165, 1.54) is 0 Å². The number of ether oxygens (including phenoxy) is 1. The lowest BCUT2D eigenvalue weighted by molar-refractivity contribution is 0.383. The predicted octanol–water partition coefficient (Wildman–Crippen LogP) is 3.24. The monoisotopic (exact) mass is 344 g/mol. The Morgan fingerprint density at radius 2 is 1.81 bits per heavy atom. The average Bonchev–Trinajstić information content (AvgIpc) is 2.62. The lowest BCUT2D eigenvalue weighted by Crippen LogP contribution is -2.29. The molecule has 0 aromatic heterocycles. The van der Waals surface area contributed by atoms with Crippen molar-refractivity contribution in [2.45, 2.75) is 19.3 Å². The molecule has 0 radical (unpaired) electrons. The first-order valence-corrected chi connectivity index (χ1v) is 8.26. The van der Waals surface area contributed by atoms with E-state index in [0.29, 0.717) is 17.7 Å². The molecule has 1 aliphatic rings. The van der Waals surface area contributed by atoms with Gasteiger partial charge in [0, 0.05) is 17.7 Å². The number of nitrogens with one attached hydrogen (secondary N) is 1. The Morgan fingerprint density at radius 1 is 1.15 bits per heavy atom. The molecule has 1 heterocycles. The van der Waals surface area contributed by atoms with Gasteiger partial charge in [-0.05, 0) is 18.1 Å². The Balaban J connectivity index is 2.14. The largest absolute Gasteiger partial charge is 0.422 e. The third-order valence-corrected chi connectivity index (χ3v) is 4.41. The molecule has 130 valence electrons. The van der Waals surface area contributed by atoms with E-state index in [4.69, 9.17) is 21.6 Å². The van der Waals surface area contributed by atoms with Crippen LogP contribution in [0.4, 0.5) is 0 Å². The van der Waals surface area contributed by atoms with Crippen LogP contribution in [0.1, 0.15) is 22.6 Å². The van der Waals surface area contributed by atoms with Crippen molar-refractivity contribution >= 4 is 5.90 Å². The minimum Gasteiger partial charge on any atom is -0.422 e. The van der Waals surface area contributed by atoms with Crippen LogP contribution in [-0.2, 0) is 11.2 Å². The molecule has 0 spiro atoms. The summed E-state index contributed by atoms with van der Waals surface area (Å²) in [5.74, 6) is -0.662. The topological polar surface area (TPSA) is 109 Å². The Morgan fingerprint density at radius 3 is 2.42 bits per heavy atom. The van der Waals surface area contributed by atoms with E-state index < -0.39 is 5.92 Å². The minimum absolute atomic E-state index is 0.0423. The maximum atomic E-state index is 9.62. The summed E-state index contributed by atoms with van der Waals surface area (Å²) in [6.45, 7) is 1.99. The molecule has 2 aromatic rings. The van der Waals surface area contributed by atoms with Crippen LogP contribution in [-0.4, -0.2) is 5.90 Å². The fraction of sp³-hybridized carbons (Fsp3) is 0.143. The molecule has 3 rings (SSSR count). The number of nitriles is 1. The van der Waals surface area contributed by atoms with Crippen molar-refractivity contribution < 1.29 is 4.74 Å². The molecule has 26 heavy (non-hydrogen) atoms. The van der Waals surface area contributed by atoms with Gasteiger partial charge in [-0.2, -0.15) is 5.26 Å². The third-order valence-electron chi connectivity index (χ3n) is 4.41. The molecular weight excluding hydrogens is 324 g/mol. The SMILES string of the molecule is Cc1ccc(C2C(C#N)=C(N)OC(=N)C2=C(N)Cc2ccccc2)cc1. The molecule has 0 fully saturated rings. The fourth-order valence-electron chi connectivity index (χ4n) is 3.09. The van der Waals surface area contributed by atoms with E-state index >= 15 is 0 Å². The first-order chi connectivity index (χ1) is 12.5. The van der Waals surface area contributed by atoms with Crippen LogP contribution in [0.2, 0.25) is 0 Å². The van der Waals surface area contributed by atoms with E-state index in [0.717, 1.165) is 16.7 Å². The summed E-state index contributed by atoms with van der Waals surface area (Å²) in [7, 11) is 0. The molecule has 1 aliphatic heterocycles. The van der Waals surface area contributed by atoms with Crippen LogP contribution in [0.15, 0.2) is 77.3 Å². The molecule has 0 bridgehead atoms. The van der Waals surface area contributed by atoms with Gasteiger partial charge in [0.1, 0.15) is 11.6 Å². The molecular formula is C21H20N4O. The Kier molecular flexibility index (Phi) is 4.76. The average molecular weight is 344 g/mol. The fourth-order valence-corrected chi connectivity index (χ4v) is 3.09. The van der Waals surface area contributed by atoms with Crippen LogP contribution in [0.3, 0.4) is 0 Å². The van der Waals surface area contributed by atoms with Gasteiger partial charge in [0.15, 0.2) is 0 Å². The summed E-state index contributed by atoms with van der Waals surface area (Å²) >= 11 is 0. The highest BCUT2D eigenvalue weighted by Gasteiger charge is 2.35. The van der Waals surface area contributed by atoms with E-state index in [9.17, 15) is 5.26 Å². The van der Waals surface area contributed by atoms with Crippen molar-refractivity contribution in [1.29, 1.82) is 10.7 Å². The smallest absolute Gasteiger partial charge is 0.219 e. The second kappa shape index (κ2) is 7.16. The standard InChI is InChI=1S/C21H20N4O/c1-13-7-9-15(10-8-13)18-16(12-22)20(24)26-21(25)19(18)17(23)11-14-5-3-2-4-6-14/h2-10,18,25H,11,23-24H2,1H3. The van der Waals surface area contributed by atoms with E-state index in [2.05, 4.69) is 6.07 Å². The lowest BCUT2D eigenvalue weighted by Gasteiger charge is -2.28. The zero-order valence-electron chi connectivity index (χ0n) is 14.5. The molecule has 1 unspecified atom stereocenters. The molecule has 5 N–H and O–H groups in total. The molecule has 0 saturated carbocycles. The number of hydrogen-bond acceptors (Lipinski definition) is 5. The number of nitrogens with zero attached hydrogens (tertiary/aromatic N) is 1. The second-order valence-corrected chi connectivity index (χ2v) is 6.27. The summed E-state index contributed by atoms with van der Waals surface area (Å²) in [6, 6.07) is 19.7. The van der Waals surface area contributed by atoms with Crippen LogP contribution in [0.25, 0.3) is 0 Å². The molecule has 1 atom stereocenters. The maximum absolute atomic E-state index is 9.62. The summed E-state index contributed by atoms with van der Waals surface area (Å²) in [4.78, 5) is 0. The predicted molar refractivity (Wildman–Crippen MR) is 101 cm³/mol. The highest BCUT2D eigenvalue weighted by molar-refractivity contribution is 5.96. The second-order valence-electron chi connectivity index (χ2n) is 6.27. The van der Waals surface area contributed by atoms with Crippen molar-refractivity contribution in [3.63, 3.8) is 0 Å². The van der Waals surface area contributed by atoms with Crippen LogP contribution in [0, 0.1) is 23.7 Å². The van der Waals surface area contributed by atoms with Crippen molar-refractivity contribution in [3.05, 3.63) is 94.0 Å². The Bertz CT molecular complexity index is 934. The number of hydrogen-bond donors (Lipinski definition) is 3. The van der Waals surface area contributed by atoms with Gasteiger partial charge in [0.2, 0.25) is 11.8 Å². The minimum atomic E-state index is -0.509. The number of benzene rings is 2.